The van der Waals surface area contributed by atoms with E-state index in [4.69, 9.17) is 10.2 Å². The highest BCUT2D eigenvalue weighted by Gasteiger charge is 1.32. The van der Waals surface area contributed by atoms with Crippen LogP contribution in [-0.4, -0.2) is 17.0 Å². The summed E-state index contributed by atoms with van der Waals surface area (Å²) in [6.45, 7) is -0.750. The van der Waals surface area contributed by atoms with Gasteiger partial charge in [0, 0.05) is 0 Å². The van der Waals surface area contributed by atoms with E-state index in [1.165, 1.54) is 0 Å². The second-order valence-electron chi connectivity index (χ2n) is 0.141. The van der Waals surface area contributed by atoms with Crippen molar-refractivity contribution in [2.24, 2.45) is 0 Å². The normalized spacial score (nSPS) is 3.60. The minimum absolute atomic E-state index is 0. The number of hydrogen-bond acceptors (Lipinski definition) is 2. The largest absolute Gasteiger partial charge is 0.371 e. The first kappa shape index (κ1) is 20.5. The molecule has 0 saturated carbocycles. The SMILES string of the molecule is C.C.OCO. The van der Waals surface area contributed by atoms with E-state index >= 15 is 0 Å². The van der Waals surface area contributed by atoms with Crippen LogP contribution in [-0.2, 0) is 0 Å². The maximum atomic E-state index is 7.12. The Bertz CT molecular complexity index is 4.85. The zero-order valence-electron chi connectivity index (χ0n) is 1.60. The molecule has 0 amide bonds. The third-order valence-corrected chi connectivity index (χ3v) is 0. The minimum atomic E-state index is -0.750. The molecule has 0 radical (unpaired) electrons. The van der Waals surface area contributed by atoms with Crippen LogP contribution in [0.5, 0.6) is 0 Å². The van der Waals surface area contributed by atoms with Crippen LogP contribution in [0.3, 0.4) is 0 Å². The smallest absolute Gasteiger partial charge is 0.140 e. The molecule has 2 nitrogen and oxygen atoms in total. The molecule has 0 atom stereocenters. The summed E-state index contributed by atoms with van der Waals surface area (Å²) in [5.74, 6) is 0. The molecule has 0 rings (SSSR count). The van der Waals surface area contributed by atoms with Crippen LogP contribution in [0, 0.1) is 0 Å². The third-order valence-electron chi connectivity index (χ3n) is 0. The quantitative estimate of drug-likeness (QED) is 0.408. The van der Waals surface area contributed by atoms with Gasteiger partial charge in [-0.3, -0.25) is 0 Å². The van der Waals surface area contributed by atoms with Crippen molar-refractivity contribution in [1.82, 2.24) is 0 Å². The average Bonchev–Trinajstić information content (AvgIpc) is 0.918. The van der Waals surface area contributed by atoms with Gasteiger partial charge in [0.05, 0.1) is 0 Å². The molecule has 5 heavy (non-hydrogen) atoms. The van der Waals surface area contributed by atoms with Crippen molar-refractivity contribution in [2.75, 3.05) is 6.79 Å². The molecule has 0 fully saturated rings. The highest BCUT2D eigenvalue weighted by molar-refractivity contribution is 3.50. The van der Waals surface area contributed by atoms with Crippen molar-refractivity contribution in [3.05, 3.63) is 0 Å². The fourth-order valence-corrected chi connectivity index (χ4v) is 0. The Morgan fingerprint density at radius 1 is 1.00 bits per heavy atom. The fraction of sp³-hybridized carbons (Fsp3) is 1.00. The highest BCUT2D eigenvalue weighted by Crippen LogP contribution is 1.17. The molecule has 0 aromatic rings. The molecule has 0 saturated heterocycles. The Morgan fingerprint density at radius 3 is 1.00 bits per heavy atom. The molecule has 0 heterocycles. The van der Waals surface area contributed by atoms with Gasteiger partial charge >= 0.3 is 0 Å². The summed E-state index contributed by atoms with van der Waals surface area (Å²) in [6, 6.07) is 0. The molecular formula is C3H12O2. The predicted octanol–water partition coefficient (Wildman–Crippen LogP) is 0.201. The number of rotatable bonds is 0. The Kier molecular flexibility index (Phi) is 162. The summed E-state index contributed by atoms with van der Waals surface area (Å²) in [7, 11) is 0. The lowest BCUT2D eigenvalue weighted by Crippen LogP contribution is -1.66. The van der Waals surface area contributed by atoms with Crippen molar-refractivity contribution < 1.29 is 10.2 Å². The molecule has 0 aromatic carbocycles. The third kappa shape index (κ3) is 2260. The molecule has 36 valence electrons. The first-order valence-electron chi connectivity index (χ1n) is 0.632. The summed E-state index contributed by atoms with van der Waals surface area (Å²) >= 11 is 0. The van der Waals surface area contributed by atoms with Crippen molar-refractivity contribution in [1.29, 1.82) is 0 Å². The van der Waals surface area contributed by atoms with Gasteiger partial charge in [-0.2, -0.15) is 0 Å². The Morgan fingerprint density at radius 2 is 1.00 bits per heavy atom. The van der Waals surface area contributed by atoms with E-state index < -0.39 is 6.79 Å². The van der Waals surface area contributed by atoms with Gasteiger partial charge in [-0.05, 0) is 0 Å². The molecule has 0 aliphatic heterocycles. The lowest BCUT2D eigenvalue weighted by Gasteiger charge is -1.55. The summed E-state index contributed by atoms with van der Waals surface area (Å²) < 4.78 is 0. The summed E-state index contributed by atoms with van der Waals surface area (Å²) in [6.07, 6.45) is 0. The van der Waals surface area contributed by atoms with E-state index in [9.17, 15) is 0 Å². The lowest BCUT2D eigenvalue weighted by molar-refractivity contribution is 0.0773. The van der Waals surface area contributed by atoms with Gasteiger partial charge in [-0.1, -0.05) is 14.9 Å². The first-order valence-corrected chi connectivity index (χ1v) is 0.632. The number of aliphatic hydroxyl groups excluding tert-OH is 1. The second-order valence-corrected chi connectivity index (χ2v) is 0.141. The Hall–Kier alpha value is -0.0800. The van der Waals surface area contributed by atoms with Crippen LogP contribution in [0.15, 0.2) is 0 Å². The molecule has 0 bridgehead atoms. The Balaban J connectivity index is -0.0000000200. The van der Waals surface area contributed by atoms with E-state index in [1.807, 2.05) is 0 Å². The maximum Gasteiger partial charge on any atom is 0.140 e. The average molecular weight is 80.1 g/mol. The molecular weight excluding hydrogens is 68.0 g/mol. The Labute approximate surface area is 33.1 Å². The van der Waals surface area contributed by atoms with Crippen LogP contribution in [0.4, 0.5) is 0 Å². The van der Waals surface area contributed by atoms with E-state index in [2.05, 4.69) is 0 Å². The van der Waals surface area contributed by atoms with E-state index in [0.717, 1.165) is 0 Å². The van der Waals surface area contributed by atoms with Crippen molar-refractivity contribution in [3.63, 3.8) is 0 Å². The molecule has 0 aromatic heterocycles. The zero-order valence-corrected chi connectivity index (χ0v) is 1.60. The minimum Gasteiger partial charge on any atom is -0.371 e. The highest BCUT2D eigenvalue weighted by atomic mass is 16.5. The van der Waals surface area contributed by atoms with Crippen molar-refractivity contribution in [2.45, 2.75) is 14.9 Å². The van der Waals surface area contributed by atoms with Gasteiger partial charge < -0.3 is 10.2 Å². The molecule has 0 aliphatic carbocycles. The topological polar surface area (TPSA) is 40.5 Å². The van der Waals surface area contributed by atoms with Crippen LogP contribution in [0.1, 0.15) is 14.9 Å². The first-order chi connectivity index (χ1) is 1.41. The number of aliphatic hydroxyl groups is 2. The summed E-state index contributed by atoms with van der Waals surface area (Å²) in [5, 5.41) is 14.2. The monoisotopic (exact) mass is 80.1 g/mol. The lowest BCUT2D eigenvalue weighted by atomic mass is 11.6. The van der Waals surface area contributed by atoms with Crippen LogP contribution >= 0.6 is 0 Å². The number of hydrogen-bond donors (Lipinski definition) is 2. The van der Waals surface area contributed by atoms with E-state index in [1.54, 1.807) is 0 Å². The maximum absolute atomic E-state index is 7.12. The van der Waals surface area contributed by atoms with Crippen LogP contribution < -0.4 is 0 Å². The van der Waals surface area contributed by atoms with Crippen molar-refractivity contribution in [3.8, 4) is 0 Å². The van der Waals surface area contributed by atoms with Gasteiger partial charge in [0.1, 0.15) is 6.79 Å². The standard InChI is InChI=1S/CH4O2.2CH4/c2-1-3;;/h2-3H,1H2;2*1H4. The zero-order chi connectivity index (χ0) is 2.71. The van der Waals surface area contributed by atoms with Gasteiger partial charge in [0.2, 0.25) is 0 Å². The van der Waals surface area contributed by atoms with Gasteiger partial charge in [0.15, 0.2) is 0 Å². The molecule has 2 heteroatoms. The van der Waals surface area contributed by atoms with E-state index in [0.29, 0.717) is 0 Å². The van der Waals surface area contributed by atoms with Crippen LogP contribution in [0.2, 0.25) is 0 Å². The molecule has 2 N–H and O–H groups in total. The van der Waals surface area contributed by atoms with Gasteiger partial charge in [0.25, 0.3) is 0 Å². The molecule has 0 unspecified atom stereocenters. The van der Waals surface area contributed by atoms with Crippen LogP contribution in [0.25, 0.3) is 0 Å². The van der Waals surface area contributed by atoms with E-state index in [-0.39, 0.29) is 14.9 Å². The fourth-order valence-electron chi connectivity index (χ4n) is 0. The van der Waals surface area contributed by atoms with Crippen molar-refractivity contribution >= 4 is 0 Å². The second kappa shape index (κ2) is 39.5. The van der Waals surface area contributed by atoms with Gasteiger partial charge in [-0.25, -0.2) is 0 Å². The summed E-state index contributed by atoms with van der Waals surface area (Å²) in [5.41, 5.74) is 0. The molecule has 0 spiro atoms. The molecule has 0 aliphatic rings. The summed E-state index contributed by atoms with van der Waals surface area (Å²) in [4.78, 5) is 0. The predicted molar refractivity (Wildman–Crippen MR) is 22.8 cm³/mol. The van der Waals surface area contributed by atoms with Gasteiger partial charge in [-0.15, -0.1) is 0 Å².